The van der Waals surface area contributed by atoms with Crippen molar-refractivity contribution in [2.24, 2.45) is 0 Å². The molecule has 0 atom stereocenters. The van der Waals surface area contributed by atoms with E-state index in [1.54, 1.807) is 0 Å². The van der Waals surface area contributed by atoms with Gasteiger partial charge in [-0.15, -0.1) is 0 Å². The number of hydrogen-bond donors (Lipinski definition) is 0. The van der Waals surface area contributed by atoms with Crippen LogP contribution in [0, 0.1) is 6.92 Å². The Hall–Kier alpha value is -2.62. The van der Waals surface area contributed by atoms with Crippen LogP contribution in [0.4, 0.5) is 0 Å². The predicted octanol–water partition coefficient (Wildman–Crippen LogP) is 4.71. The molecule has 1 aromatic carbocycles. The van der Waals surface area contributed by atoms with Gasteiger partial charge in [-0.2, -0.15) is 0 Å². The molecule has 0 unspecified atom stereocenters. The number of carbonyl (C=O) groups excluding carboxylic acids is 2. The molecule has 4 nitrogen and oxygen atoms in total. The van der Waals surface area contributed by atoms with Crippen molar-refractivity contribution in [1.29, 1.82) is 0 Å². The Balaban J connectivity index is 2.38. The first-order valence-corrected chi connectivity index (χ1v) is 8.11. The molecule has 1 fully saturated rings. The molecule has 0 aliphatic carbocycles. The normalized spacial score (nSPS) is 16.8. The first kappa shape index (κ1) is 16.2. The maximum Gasteiger partial charge on any atom is 0.347 e. The average molecular weight is 324 g/mol. The fourth-order valence-corrected chi connectivity index (χ4v) is 3.29. The molecule has 3 rings (SSSR count). The van der Waals surface area contributed by atoms with Crippen LogP contribution >= 0.6 is 0 Å². The number of para-hydroxylation sites is 1. The van der Waals surface area contributed by atoms with Gasteiger partial charge < -0.3 is 9.15 Å². The van der Waals surface area contributed by atoms with Crippen LogP contribution in [0.1, 0.15) is 44.9 Å². The largest absolute Gasteiger partial charge is 0.461 e. The van der Waals surface area contributed by atoms with Crippen molar-refractivity contribution < 1.29 is 18.7 Å². The van der Waals surface area contributed by atoms with Gasteiger partial charge in [-0.1, -0.05) is 37.1 Å². The molecular weight excluding hydrogens is 304 g/mol. The molecular formula is C20H20O4. The third-order valence-electron chi connectivity index (χ3n) is 4.22. The van der Waals surface area contributed by atoms with E-state index in [0.717, 1.165) is 39.9 Å². The van der Waals surface area contributed by atoms with Crippen LogP contribution in [0.3, 0.4) is 0 Å². The predicted molar refractivity (Wildman–Crippen MR) is 92.3 cm³/mol. The lowest BCUT2D eigenvalue weighted by atomic mass is 9.89. The summed E-state index contributed by atoms with van der Waals surface area (Å²) in [6.07, 6.45) is 1.51. The molecule has 0 saturated carbocycles. The zero-order valence-corrected chi connectivity index (χ0v) is 14.4. The highest BCUT2D eigenvalue weighted by atomic mass is 16.6. The number of furan rings is 1. The third kappa shape index (κ3) is 2.48. The second kappa shape index (κ2) is 6.11. The number of aryl methyl sites for hydroxylation is 1. The molecule has 0 amide bonds. The summed E-state index contributed by atoms with van der Waals surface area (Å²) in [7, 11) is 0. The number of fused-ring (bicyclic) bond motifs is 1. The molecule has 0 spiro atoms. The maximum atomic E-state index is 12.4. The minimum Gasteiger partial charge on any atom is -0.461 e. The topological polar surface area (TPSA) is 56.5 Å². The molecule has 1 aliphatic rings. The highest BCUT2D eigenvalue weighted by molar-refractivity contribution is 6.22. The fourth-order valence-electron chi connectivity index (χ4n) is 3.29. The Morgan fingerprint density at radius 1 is 1.04 bits per heavy atom. The Labute approximate surface area is 140 Å². The van der Waals surface area contributed by atoms with E-state index in [0.29, 0.717) is 17.6 Å². The average Bonchev–Trinajstić information content (AvgIpc) is 3.00. The van der Waals surface area contributed by atoms with Crippen molar-refractivity contribution in [3.05, 3.63) is 52.3 Å². The molecule has 1 aromatic heterocycles. The Morgan fingerprint density at radius 2 is 1.71 bits per heavy atom. The molecule has 0 radical (unpaired) electrons. The van der Waals surface area contributed by atoms with Crippen LogP contribution in [0.5, 0.6) is 0 Å². The maximum absolute atomic E-state index is 12.4. The number of benzene rings is 1. The molecule has 0 bridgehead atoms. The number of rotatable bonds is 3. The number of allylic oxidation sites excluding steroid dienone is 2. The summed E-state index contributed by atoms with van der Waals surface area (Å²) >= 11 is 0. The molecule has 1 saturated heterocycles. The van der Waals surface area contributed by atoms with Gasteiger partial charge in [0.1, 0.15) is 11.3 Å². The van der Waals surface area contributed by atoms with Crippen molar-refractivity contribution in [3.8, 4) is 0 Å². The number of ether oxygens (including phenoxy) is 1. The summed E-state index contributed by atoms with van der Waals surface area (Å²) in [4.78, 5) is 24.5. The standard InChI is InChI=1S/C20H20O4/c1-5-8-14(18-16(11(2)3)19(21)24-20(18)22)17-12(4)23-15-10-7-6-9-13(15)17/h6-7,9-10H,5,8H2,1-4H3/b18-14-. The van der Waals surface area contributed by atoms with Gasteiger partial charge in [0, 0.05) is 10.9 Å². The van der Waals surface area contributed by atoms with Gasteiger partial charge in [0.15, 0.2) is 0 Å². The van der Waals surface area contributed by atoms with Crippen LogP contribution < -0.4 is 0 Å². The van der Waals surface area contributed by atoms with Gasteiger partial charge in [-0.05, 0) is 38.8 Å². The van der Waals surface area contributed by atoms with E-state index in [1.165, 1.54) is 0 Å². The fraction of sp³-hybridized carbons (Fsp3) is 0.300. The van der Waals surface area contributed by atoms with Crippen LogP contribution in [0.2, 0.25) is 0 Å². The van der Waals surface area contributed by atoms with E-state index in [1.807, 2.05) is 52.0 Å². The minimum absolute atomic E-state index is 0.383. The van der Waals surface area contributed by atoms with Crippen molar-refractivity contribution in [1.82, 2.24) is 0 Å². The molecule has 0 N–H and O–H groups in total. The lowest BCUT2D eigenvalue weighted by Crippen LogP contribution is -2.02. The van der Waals surface area contributed by atoms with E-state index in [-0.39, 0.29) is 0 Å². The third-order valence-corrected chi connectivity index (χ3v) is 4.22. The number of esters is 2. The summed E-state index contributed by atoms with van der Waals surface area (Å²) in [6, 6.07) is 7.73. The second-order valence-corrected chi connectivity index (χ2v) is 6.18. The molecule has 2 heterocycles. The summed E-state index contributed by atoms with van der Waals surface area (Å²) in [5.74, 6) is -0.384. The summed E-state index contributed by atoms with van der Waals surface area (Å²) in [5.41, 5.74) is 4.04. The van der Waals surface area contributed by atoms with E-state index < -0.39 is 11.9 Å². The minimum atomic E-state index is -0.565. The van der Waals surface area contributed by atoms with Crippen LogP contribution in [-0.2, 0) is 14.3 Å². The highest BCUT2D eigenvalue weighted by Crippen LogP contribution is 2.40. The van der Waals surface area contributed by atoms with Gasteiger partial charge in [-0.25, -0.2) is 9.59 Å². The van der Waals surface area contributed by atoms with E-state index in [9.17, 15) is 9.59 Å². The quantitative estimate of drug-likeness (QED) is 0.466. The first-order valence-electron chi connectivity index (χ1n) is 8.11. The summed E-state index contributed by atoms with van der Waals surface area (Å²) in [5, 5.41) is 0.950. The monoisotopic (exact) mass is 324 g/mol. The van der Waals surface area contributed by atoms with E-state index in [4.69, 9.17) is 9.15 Å². The SMILES string of the molecule is CCC/C(=C1/C(=O)OC(=O)C1=C(C)C)c1c(C)oc2ccccc12. The second-order valence-electron chi connectivity index (χ2n) is 6.18. The van der Waals surface area contributed by atoms with Crippen molar-refractivity contribution in [3.63, 3.8) is 0 Å². The van der Waals surface area contributed by atoms with Gasteiger partial charge in [0.05, 0.1) is 11.1 Å². The molecule has 1 aliphatic heterocycles. The number of cyclic esters (lactones) is 2. The smallest absolute Gasteiger partial charge is 0.347 e. The van der Waals surface area contributed by atoms with Crippen molar-refractivity contribution >= 4 is 28.5 Å². The zero-order valence-electron chi connectivity index (χ0n) is 14.4. The van der Waals surface area contributed by atoms with Crippen molar-refractivity contribution in [2.45, 2.75) is 40.5 Å². The molecule has 24 heavy (non-hydrogen) atoms. The van der Waals surface area contributed by atoms with Crippen LogP contribution in [0.15, 0.2) is 45.4 Å². The first-order chi connectivity index (χ1) is 11.5. The molecule has 4 heteroatoms. The zero-order chi connectivity index (χ0) is 17.4. The van der Waals surface area contributed by atoms with Crippen LogP contribution in [0.25, 0.3) is 16.5 Å². The lowest BCUT2D eigenvalue weighted by molar-refractivity contribution is -0.149. The van der Waals surface area contributed by atoms with E-state index >= 15 is 0 Å². The van der Waals surface area contributed by atoms with Gasteiger partial charge in [0.2, 0.25) is 0 Å². The summed E-state index contributed by atoms with van der Waals surface area (Å²) < 4.78 is 10.8. The Kier molecular flexibility index (Phi) is 4.14. The Bertz CT molecular complexity index is 905. The Morgan fingerprint density at radius 3 is 2.38 bits per heavy atom. The lowest BCUT2D eigenvalue weighted by Gasteiger charge is -2.10. The van der Waals surface area contributed by atoms with Crippen molar-refractivity contribution in [2.75, 3.05) is 0 Å². The van der Waals surface area contributed by atoms with Crippen LogP contribution in [-0.4, -0.2) is 11.9 Å². The van der Waals surface area contributed by atoms with Gasteiger partial charge >= 0.3 is 11.9 Å². The van der Waals surface area contributed by atoms with E-state index in [2.05, 4.69) is 0 Å². The molecule has 2 aromatic rings. The summed E-state index contributed by atoms with van der Waals surface area (Å²) in [6.45, 7) is 7.57. The number of hydrogen-bond acceptors (Lipinski definition) is 4. The number of carbonyl (C=O) groups is 2. The van der Waals surface area contributed by atoms with Gasteiger partial charge in [0.25, 0.3) is 0 Å². The van der Waals surface area contributed by atoms with Gasteiger partial charge in [-0.3, -0.25) is 0 Å². The molecule has 124 valence electrons. The highest BCUT2D eigenvalue weighted by Gasteiger charge is 2.37.